The van der Waals surface area contributed by atoms with Gasteiger partial charge in [-0.15, -0.1) is 0 Å². The van der Waals surface area contributed by atoms with Gasteiger partial charge in [0.25, 0.3) is 0 Å². The lowest BCUT2D eigenvalue weighted by Crippen LogP contribution is -2.25. The number of fused-ring (bicyclic) bond motifs is 1. The Kier molecular flexibility index (Phi) is 3.41. The number of benzene rings is 1. The molecule has 2 atom stereocenters. The van der Waals surface area contributed by atoms with Crippen molar-refractivity contribution in [2.45, 2.75) is 10.7 Å². The lowest BCUT2D eigenvalue weighted by molar-refractivity contribution is 0.234. The minimum atomic E-state index is -4.49. The molecule has 20 heavy (non-hydrogen) atoms. The maximum atomic E-state index is 12.5. The molecule has 0 aromatic heterocycles. The summed E-state index contributed by atoms with van der Waals surface area (Å²) in [5.41, 5.74) is 0.896. The molecule has 110 valence electrons. The van der Waals surface area contributed by atoms with Crippen molar-refractivity contribution < 1.29 is 17.2 Å². The van der Waals surface area contributed by atoms with Gasteiger partial charge in [-0.05, 0) is 36.1 Å². The average Bonchev–Trinajstić information content (AvgIpc) is 2.99. The van der Waals surface area contributed by atoms with Crippen molar-refractivity contribution >= 4 is 15.5 Å². The Morgan fingerprint density at radius 2 is 1.65 bits per heavy atom. The fourth-order valence-electron chi connectivity index (χ4n) is 3.02. The molecule has 0 radical (unpaired) electrons. The summed E-state index contributed by atoms with van der Waals surface area (Å²) in [6.45, 7) is 3.88. The highest BCUT2D eigenvalue weighted by Gasteiger charge is 2.36. The smallest absolute Gasteiger partial charge is 0.341 e. The molecule has 0 unspecified atom stereocenters. The molecule has 1 aromatic rings. The van der Waals surface area contributed by atoms with Crippen LogP contribution in [0.25, 0.3) is 0 Å². The molecule has 2 aliphatic rings. The number of nitrogens with one attached hydrogen (secondary N) is 1. The number of alkyl halides is 2. The van der Waals surface area contributed by atoms with E-state index in [0.717, 1.165) is 31.9 Å². The van der Waals surface area contributed by atoms with Gasteiger partial charge >= 0.3 is 5.76 Å². The van der Waals surface area contributed by atoms with Gasteiger partial charge in [0.05, 0.1) is 4.90 Å². The summed E-state index contributed by atoms with van der Waals surface area (Å²) in [7, 11) is -4.49. The van der Waals surface area contributed by atoms with Crippen LogP contribution < -0.4 is 10.2 Å². The summed E-state index contributed by atoms with van der Waals surface area (Å²) in [4.78, 5) is 1.87. The first-order valence-corrected chi connectivity index (χ1v) is 8.11. The zero-order chi connectivity index (χ0) is 14.3. The van der Waals surface area contributed by atoms with E-state index in [9.17, 15) is 17.2 Å². The quantitative estimate of drug-likeness (QED) is 0.915. The molecule has 4 nitrogen and oxygen atoms in total. The molecule has 0 aliphatic carbocycles. The minimum Gasteiger partial charge on any atom is -0.371 e. The number of halogens is 2. The largest absolute Gasteiger partial charge is 0.371 e. The normalized spacial score (nSPS) is 26.2. The second-order valence-electron chi connectivity index (χ2n) is 5.38. The molecule has 2 aliphatic heterocycles. The van der Waals surface area contributed by atoms with Gasteiger partial charge in [-0.2, -0.15) is 8.78 Å². The van der Waals surface area contributed by atoms with E-state index < -0.39 is 15.6 Å². The molecular formula is C13H16F2N2O2S. The van der Waals surface area contributed by atoms with E-state index >= 15 is 0 Å². The third kappa shape index (κ3) is 2.29. The second kappa shape index (κ2) is 4.96. The van der Waals surface area contributed by atoms with Crippen molar-refractivity contribution in [3.8, 4) is 0 Å². The Morgan fingerprint density at radius 1 is 1.10 bits per heavy atom. The molecule has 0 spiro atoms. The zero-order valence-corrected chi connectivity index (χ0v) is 11.6. The highest BCUT2D eigenvalue weighted by atomic mass is 32.2. The van der Waals surface area contributed by atoms with E-state index in [1.807, 2.05) is 0 Å². The van der Waals surface area contributed by atoms with Crippen molar-refractivity contribution in [1.29, 1.82) is 0 Å². The fraction of sp³-hybridized carbons (Fsp3) is 0.538. The Labute approximate surface area is 116 Å². The van der Waals surface area contributed by atoms with Crippen LogP contribution in [0.1, 0.15) is 0 Å². The van der Waals surface area contributed by atoms with Crippen LogP contribution in [0.2, 0.25) is 0 Å². The van der Waals surface area contributed by atoms with Crippen LogP contribution in [0.3, 0.4) is 0 Å². The van der Waals surface area contributed by atoms with E-state index in [0.29, 0.717) is 11.8 Å². The van der Waals surface area contributed by atoms with Crippen LogP contribution in [-0.2, 0) is 9.84 Å². The Bertz CT molecular complexity index is 577. The third-order valence-corrected chi connectivity index (χ3v) is 5.55. The second-order valence-corrected chi connectivity index (χ2v) is 7.30. The van der Waals surface area contributed by atoms with Gasteiger partial charge in [-0.1, -0.05) is 0 Å². The molecule has 1 N–H and O–H groups in total. The van der Waals surface area contributed by atoms with Gasteiger partial charge in [0.15, 0.2) is 0 Å². The lowest BCUT2D eigenvalue weighted by Gasteiger charge is -2.20. The molecule has 0 amide bonds. The monoisotopic (exact) mass is 302 g/mol. The standard InChI is InChI=1S/C13H16F2N2O2S/c14-13(15)20(18,19)12-3-1-11(2-4-12)17-7-9-5-16-6-10(9)8-17/h1-4,9-10,13,16H,5-8H2/t9-,10+. The van der Waals surface area contributed by atoms with Crippen molar-refractivity contribution in [2.75, 3.05) is 31.1 Å². The van der Waals surface area contributed by atoms with Crippen molar-refractivity contribution in [3.05, 3.63) is 24.3 Å². The topological polar surface area (TPSA) is 49.4 Å². The first-order valence-electron chi connectivity index (χ1n) is 6.56. The van der Waals surface area contributed by atoms with E-state index in [-0.39, 0.29) is 4.90 Å². The molecule has 2 heterocycles. The van der Waals surface area contributed by atoms with Gasteiger partial charge in [0.1, 0.15) is 0 Å². The summed E-state index contributed by atoms with van der Waals surface area (Å²) in [5.74, 6) is -2.12. The Balaban J connectivity index is 1.77. The van der Waals surface area contributed by atoms with Gasteiger partial charge in [0, 0.05) is 31.9 Å². The maximum absolute atomic E-state index is 12.5. The molecule has 0 bridgehead atoms. The molecular weight excluding hydrogens is 286 g/mol. The van der Waals surface area contributed by atoms with Crippen molar-refractivity contribution in [1.82, 2.24) is 5.32 Å². The number of hydrogen-bond donors (Lipinski definition) is 1. The SMILES string of the molecule is O=S(=O)(c1ccc(N2C[C@H]3CNC[C@H]3C2)cc1)C(F)F. The number of nitrogens with zero attached hydrogens (tertiary/aromatic N) is 1. The number of sulfone groups is 1. The van der Waals surface area contributed by atoms with Crippen LogP contribution in [0.4, 0.5) is 14.5 Å². The van der Waals surface area contributed by atoms with Crippen LogP contribution in [0, 0.1) is 11.8 Å². The van der Waals surface area contributed by atoms with Gasteiger partial charge in [-0.3, -0.25) is 0 Å². The predicted molar refractivity (Wildman–Crippen MR) is 71.7 cm³/mol. The maximum Gasteiger partial charge on any atom is 0.341 e. The van der Waals surface area contributed by atoms with Gasteiger partial charge in [0.2, 0.25) is 9.84 Å². The molecule has 1 aromatic carbocycles. The number of rotatable bonds is 3. The van der Waals surface area contributed by atoms with Crippen molar-refractivity contribution in [2.24, 2.45) is 11.8 Å². The third-order valence-electron chi connectivity index (χ3n) is 4.15. The fourth-order valence-corrected chi connectivity index (χ4v) is 3.74. The first kappa shape index (κ1) is 13.8. The van der Waals surface area contributed by atoms with Gasteiger partial charge in [-0.25, -0.2) is 8.42 Å². The van der Waals surface area contributed by atoms with E-state index in [2.05, 4.69) is 10.2 Å². The first-order chi connectivity index (χ1) is 9.48. The summed E-state index contributed by atoms with van der Waals surface area (Å²) in [6, 6.07) is 5.76. The molecule has 2 fully saturated rings. The summed E-state index contributed by atoms with van der Waals surface area (Å²) in [6.07, 6.45) is 0. The Hall–Kier alpha value is -1.21. The number of anilines is 1. The van der Waals surface area contributed by atoms with E-state index in [1.165, 1.54) is 12.1 Å². The highest BCUT2D eigenvalue weighted by molar-refractivity contribution is 7.91. The zero-order valence-electron chi connectivity index (χ0n) is 10.8. The van der Waals surface area contributed by atoms with Crippen molar-refractivity contribution in [3.63, 3.8) is 0 Å². The molecule has 0 saturated carbocycles. The van der Waals surface area contributed by atoms with E-state index in [4.69, 9.17) is 0 Å². The van der Waals surface area contributed by atoms with E-state index in [1.54, 1.807) is 12.1 Å². The molecule has 2 saturated heterocycles. The Morgan fingerprint density at radius 3 is 2.15 bits per heavy atom. The predicted octanol–water partition coefficient (Wildman–Crippen LogP) is 1.34. The lowest BCUT2D eigenvalue weighted by atomic mass is 10.0. The van der Waals surface area contributed by atoms with Crippen LogP contribution >= 0.6 is 0 Å². The minimum absolute atomic E-state index is 0.322. The molecule has 7 heteroatoms. The highest BCUT2D eigenvalue weighted by Crippen LogP contribution is 2.31. The van der Waals surface area contributed by atoms with Crippen LogP contribution in [0.5, 0.6) is 0 Å². The average molecular weight is 302 g/mol. The summed E-state index contributed by atoms with van der Waals surface area (Å²) in [5, 5.41) is 3.35. The number of hydrogen-bond acceptors (Lipinski definition) is 4. The van der Waals surface area contributed by atoms with Gasteiger partial charge < -0.3 is 10.2 Å². The van der Waals surface area contributed by atoms with Crippen LogP contribution in [0.15, 0.2) is 29.2 Å². The molecule has 3 rings (SSSR count). The summed E-state index contributed by atoms with van der Waals surface area (Å²) >= 11 is 0. The summed E-state index contributed by atoms with van der Waals surface area (Å²) < 4.78 is 47.6. The van der Waals surface area contributed by atoms with Crippen LogP contribution in [-0.4, -0.2) is 40.4 Å².